The number of carbonyl (C=O) groups excluding carboxylic acids is 1. The number of sulfonamides is 1. The molecule has 0 heterocycles. The minimum Gasteiger partial charge on any atom is -0.350 e. The van der Waals surface area contributed by atoms with Crippen LogP contribution >= 0.6 is 11.6 Å². The zero-order valence-corrected chi connectivity index (χ0v) is 15.7. The summed E-state index contributed by atoms with van der Waals surface area (Å²) in [6.07, 6.45) is 1.42. The maximum absolute atomic E-state index is 12.6. The Morgan fingerprint density at radius 1 is 1.16 bits per heavy atom. The Hall–Kier alpha value is -2.05. The van der Waals surface area contributed by atoms with Crippen LogP contribution in [-0.4, -0.2) is 26.6 Å². The van der Waals surface area contributed by atoms with Crippen LogP contribution in [0.2, 0.25) is 5.02 Å². The first-order chi connectivity index (χ1) is 11.8. The number of nitrogens with zero attached hydrogens (tertiary/aromatic N) is 1. The van der Waals surface area contributed by atoms with Crippen LogP contribution < -0.4 is 9.62 Å². The molecule has 0 aromatic heterocycles. The second-order valence-electron chi connectivity index (χ2n) is 5.67. The Bertz CT molecular complexity index is 825. The number of halogens is 1. The van der Waals surface area contributed by atoms with E-state index in [-0.39, 0.29) is 5.91 Å². The topological polar surface area (TPSA) is 66.5 Å². The van der Waals surface area contributed by atoms with E-state index in [1.807, 2.05) is 30.3 Å². The van der Waals surface area contributed by atoms with Crippen LogP contribution in [0, 0.1) is 0 Å². The SMILES string of the molecule is CC[C@@H](C(=O)NCc1ccccc1)N(c1cccc(Cl)c1)S(C)(=O)=O. The third-order valence-electron chi connectivity index (χ3n) is 3.70. The van der Waals surface area contributed by atoms with Gasteiger partial charge in [-0.25, -0.2) is 8.42 Å². The molecule has 0 aliphatic carbocycles. The van der Waals surface area contributed by atoms with Gasteiger partial charge in [0.05, 0.1) is 11.9 Å². The molecular formula is C18H21ClN2O3S. The lowest BCUT2D eigenvalue weighted by atomic mass is 10.1. The number of nitrogens with one attached hydrogen (secondary N) is 1. The lowest BCUT2D eigenvalue weighted by Crippen LogP contribution is -2.49. The van der Waals surface area contributed by atoms with Gasteiger partial charge >= 0.3 is 0 Å². The smallest absolute Gasteiger partial charge is 0.244 e. The fourth-order valence-electron chi connectivity index (χ4n) is 2.58. The highest BCUT2D eigenvalue weighted by atomic mass is 35.5. The van der Waals surface area contributed by atoms with Crippen LogP contribution in [0.25, 0.3) is 0 Å². The molecule has 0 saturated carbocycles. The fourth-order valence-corrected chi connectivity index (χ4v) is 3.96. The number of benzene rings is 2. The third-order valence-corrected chi connectivity index (χ3v) is 5.12. The van der Waals surface area contributed by atoms with Crippen LogP contribution in [0.3, 0.4) is 0 Å². The van der Waals surface area contributed by atoms with Gasteiger partial charge < -0.3 is 5.32 Å². The second-order valence-corrected chi connectivity index (χ2v) is 7.96. The van der Waals surface area contributed by atoms with E-state index >= 15 is 0 Å². The molecule has 0 unspecified atom stereocenters. The molecule has 134 valence electrons. The van der Waals surface area contributed by atoms with E-state index in [1.54, 1.807) is 25.1 Å². The van der Waals surface area contributed by atoms with Crippen molar-refractivity contribution in [1.29, 1.82) is 0 Å². The standard InChI is InChI=1S/C18H21ClN2O3S/c1-3-17(18(22)20-13-14-8-5-4-6-9-14)21(25(2,23)24)16-11-7-10-15(19)12-16/h4-12,17H,3,13H2,1-2H3,(H,20,22)/t17-/m0/s1. The third kappa shape index (κ3) is 5.21. The van der Waals surface area contributed by atoms with E-state index in [0.29, 0.717) is 23.7 Å². The highest BCUT2D eigenvalue weighted by Crippen LogP contribution is 2.25. The van der Waals surface area contributed by atoms with Crippen molar-refractivity contribution < 1.29 is 13.2 Å². The lowest BCUT2D eigenvalue weighted by molar-refractivity contribution is -0.122. The van der Waals surface area contributed by atoms with Gasteiger partial charge in [-0.05, 0) is 30.2 Å². The van der Waals surface area contributed by atoms with Gasteiger partial charge in [0.1, 0.15) is 6.04 Å². The summed E-state index contributed by atoms with van der Waals surface area (Å²) in [5.41, 5.74) is 1.32. The van der Waals surface area contributed by atoms with E-state index in [9.17, 15) is 13.2 Å². The van der Waals surface area contributed by atoms with Gasteiger partial charge in [0.15, 0.2) is 0 Å². The molecule has 0 saturated heterocycles. The summed E-state index contributed by atoms with van der Waals surface area (Å²) in [5, 5.41) is 3.22. The number of carbonyl (C=O) groups is 1. The molecule has 2 aromatic carbocycles. The van der Waals surface area contributed by atoms with Gasteiger partial charge in [-0.15, -0.1) is 0 Å². The Kier molecular flexibility index (Phi) is 6.45. The maximum atomic E-state index is 12.6. The molecule has 2 rings (SSSR count). The summed E-state index contributed by atoms with van der Waals surface area (Å²) in [7, 11) is -3.66. The van der Waals surface area contributed by atoms with Crippen LogP contribution in [0.1, 0.15) is 18.9 Å². The molecule has 5 nitrogen and oxygen atoms in total. The minimum absolute atomic E-state index is 0.334. The van der Waals surface area contributed by atoms with Gasteiger partial charge in [0.2, 0.25) is 15.9 Å². The molecule has 0 spiro atoms. The Balaban J connectivity index is 2.25. The molecule has 1 N–H and O–H groups in total. The average molecular weight is 381 g/mol. The summed E-state index contributed by atoms with van der Waals surface area (Å²) in [6.45, 7) is 2.11. The molecule has 0 bridgehead atoms. The van der Waals surface area contributed by atoms with Crippen molar-refractivity contribution in [2.75, 3.05) is 10.6 Å². The van der Waals surface area contributed by atoms with Crippen molar-refractivity contribution in [3.63, 3.8) is 0 Å². The largest absolute Gasteiger partial charge is 0.350 e. The maximum Gasteiger partial charge on any atom is 0.244 e. The van der Waals surface area contributed by atoms with Gasteiger partial charge in [-0.1, -0.05) is 54.9 Å². The Morgan fingerprint density at radius 2 is 1.84 bits per heavy atom. The van der Waals surface area contributed by atoms with Crippen molar-refractivity contribution in [1.82, 2.24) is 5.32 Å². The normalized spacial score (nSPS) is 12.4. The molecule has 0 aliphatic heterocycles. The van der Waals surface area contributed by atoms with Crippen LogP contribution in [0.4, 0.5) is 5.69 Å². The predicted octanol–water partition coefficient (Wildman–Crippen LogP) is 3.20. The highest BCUT2D eigenvalue weighted by Gasteiger charge is 2.31. The van der Waals surface area contributed by atoms with E-state index in [1.165, 1.54) is 6.07 Å². The molecule has 1 atom stereocenters. The number of rotatable bonds is 7. The molecule has 25 heavy (non-hydrogen) atoms. The Morgan fingerprint density at radius 3 is 2.40 bits per heavy atom. The van der Waals surface area contributed by atoms with E-state index < -0.39 is 16.1 Å². The molecule has 0 radical (unpaired) electrons. The Labute approximate surface area is 153 Å². The zero-order chi connectivity index (χ0) is 18.4. The van der Waals surface area contributed by atoms with Gasteiger partial charge in [-0.3, -0.25) is 9.10 Å². The quantitative estimate of drug-likeness (QED) is 0.802. The fraction of sp³-hybridized carbons (Fsp3) is 0.278. The first kappa shape index (κ1) is 19.3. The van der Waals surface area contributed by atoms with Crippen molar-refractivity contribution in [3.8, 4) is 0 Å². The number of amides is 1. The number of hydrogen-bond acceptors (Lipinski definition) is 3. The summed E-state index contributed by atoms with van der Waals surface area (Å²) < 4.78 is 25.8. The van der Waals surface area contributed by atoms with Crippen LogP contribution in [-0.2, 0) is 21.4 Å². The summed E-state index contributed by atoms with van der Waals surface area (Å²) in [5.74, 6) is -0.350. The average Bonchev–Trinajstić information content (AvgIpc) is 2.57. The molecule has 0 fully saturated rings. The van der Waals surface area contributed by atoms with Gasteiger partial charge in [-0.2, -0.15) is 0 Å². The molecule has 2 aromatic rings. The monoisotopic (exact) mass is 380 g/mol. The van der Waals surface area contributed by atoms with Crippen LogP contribution in [0.5, 0.6) is 0 Å². The van der Waals surface area contributed by atoms with E-state index in [2.05, 4.69) is 5.32 Å². The predicted molar refractivity (Wildman–Crippen MR) is 101 cm³/mol. The summed E-state index contributed by atoms with van der Waals surface area (Å²) in [4.78, 5) is 12.6. The first-order valence-corrected chi connectivity index (χ1v) is 10.1. The molecule has 7 heteroatoms. The number of anilines is 1. The first-order valence-electron chi connectivity index (χ1n) is 7.89. The van der Waals surface area contributed by atoms with Crippen molar-refractivity contribution in [2.24, 2.45) is 0 Å². The van der Waals surface area contributed by atoms with Crippen molar-refractivity contribution in [3.05, 3.63) is 65.2 Å². The molecular weight excluding hydrogens is 360 g/mol. The molecule has 1 amide bonds. The number of hydrogen-bond donors (Lipinski definition) is 1. The van der Waals surface area contributed by atoms with Crippen LogP contribution in [0.15, 0.2) is 54.6 Å². The van der Waals surface area contributed by atoms with E-state index in [4.69, 9.17) is 11.6 Å². The van der Waals surface area contributed by atoms with Crippen molar-refractivity contribution >= 4 is 33.2 Å². The molecule has 0 aliphatic rings. The summed E-state index contributed by atoms with van der Waals surface area (Å²) >= 11 is 5.99. The van der Waals surface area contributed by atoms with Gasteiger partial charge in [0, 0.05) is 11.6 Å². The summed E-state index contributed by atoms with van der Waals surface area (Å²) in [6, 6.07) is 15.1. The highest BCUT2D eigenvalue weighted by molar-refractivity contribution is 7.92. The van der Waals surface area contributed by atoms with Crippen molar-refractivity contribution in [2.45, 2.75) is 25.9 Å². The minimum atomic E-state index is -3.66. The zero-order valence-electron chi connectivity index (χ0n) is 14.1. The van der Waals surface area contributed by atoms with Gasteiger partial charge in [0.25, 0.3) is 0 Å². The lowest BCUT2D eigenvalue weighted by Gasteiger charge is -2.30. The van der Waals surface area contributed by atoms with E-state index in [0.717, 1.165) is 16.1 Å². The second kappa shape index (κ2) is 8.36.